The number of hydrogen-bond donors (Lipinski definition) is 0. The molecule has 1 amide bonds. The summed E-state index contributed by atoms with van der Waals surface area (Å²) in [4.78, 5) is 14.8. The zero-order valence-electron chi connectivity index (χ0n) is 17.5. The molecule has 0 N–H and O–H groups in total. The smallest absolute Gasteiger partial charge is 0.237 e. The average Bonchev–Trinajstić information content (AvgIpc) is 3.16. The number of carbonyl (C=O) groups excluding carboxylic acids is 1. The molecular weight excluding hydrogens is 396 g/mol. The van der Waals surface area contributed by atoms with Crippen LogP contribution in [0.2, 0.25) is 0 Å². The molecule has 0 aliphatic rings. The molecule has 0 spiro atoms. The second kappa shape index (κ2) is 10.1. The number of amides is 1. The lowest BCUT2D eigenvalue weighted by Gasteiger charge is -2.26. The number of nitrogens with zero attached hydrogens (tertiary/aromatic N) is 4. The third kappa shape index (κ3) is 4.91. The van der Waals surface area contributed by atoms with Gasteiger partial charge in [0.15, 0.2) is 11.0 Å². The Kier molecular flexibility index (Phi) is 7.30. The fourth-order valence-electron chi connectivity index (χ4n) is 3.16. The van der Waals surface area contributed by atoms with Crippen LogP contribution in [-0.4, -0.2) is 39.6 Å². The van der Waals surface area contributed by atoms with Crippen LogP contribution in [0, 0.1) is 0 Å². The number of benzene rings is 2. The number of carbonyl (C=O) groups is 1. The number of ether oxygens (including phenoxy) is 1. The first kappa shape index (κ1) is 21.6. The summed E-state index contributed by atoms with van der Waals surface area (Å²) in [6, 6.07) is 17.4. The monoisotopic (exact) mass is 422 g/mol. The minimum atomic E-state index is 0.0281. The molecule has 3 aromatic rings. The van der Waals surface area contributed by atoms with Crippen LogP contribution >= 0.6 is 11.8 Å². The van der Waals surface area contributed by atoms with E-state index in [9.17, 15) is 4.79 Å². The van der Waals surface area contributed by atoms with Crippen molar-refractivity contribution in [3.8, 4) is 17.1 Å². The number of hydrogen-bond acceptors (Lipinski definition) is 5. The number of thioether (sulfide) groups is 1. The standard InChI is InChI=1S/C23H26N4O2S/c1-5-15-26-22(18-11-13-20(29-4)14-12-18)24-25-23(26)30-16-21(28)27(17(2)3)19-9-7-6-8-10-19/h5-14,17H,1,15-16H2,2-4H3. The highest BCUT2D eigenvalue weighted by molar-refractivity contribution is 7.99. The number of rotatable bonds is 9. The molecule has 0 bridgehead atoms. The zero-order chi connectivity index (χ0) is 21.5. The van der Waals surface area contributed by atoms with Crippen molar-refractivity contribution in [1.29, 1.82) is 0 Å². The van der Waals surface area contributed by atoms with Crippen LogP contribution in [0.1, 0.15) is 13.8 Å². The average molecular weight is 423 g/mol. The molecule has 0 fully saturated rings. The molecular formula is C23H26N4O2S. The maximum atomic E-state index is 13.0. The summed E-state index contributed by atoms with van der Waals surface area (Å²) < 4.78 is 7.19. The molecule has 0 saturated carbocycles. The van der Waals surface area contributed by atoms with Crippen LogP contribution in [0.25, 0.3) is 11.4 Å². The summed E-state index contributed by atoms with van der Waals surface area (Å²) in [5.41, 5.74) is 1.82. The van der Waals surface area contributed by atoms with Gasteiger partial charge < -0.3 is 9.64 Å². The van der Waals surface area contributed by atoms with Gasteiger partial charge in [0.2, 0.25) is 5.91 Å². The molecule has 0 aliphatic heterocycles. The number of anilines is 1. The second-order valence-electron chi connectivity index (χ2n) is 6.92. The van der Waals surface area contributed by atoms with Crippen LogP contribution < -0.4 is 9.64 Å². The predicted molar refractivity (Wildman–Crippen MR) is 122 cm³/mol. The molecule has 0 unspecified atom stereocenters. The fraction of sp³-hybridized carbons (Fsp3) is 0.261. The predicted octanol–water partition coefficient (Wildman–Crippen LogP) is 4.67. The van der Waals surface area contributed by atoms with E-state index in [0.29, 0.717) is 11.7 Å². The maximum absolute atomic E-state index is 13.0. The summed E-state index contributed by atoms with van der Waals surface area (Å²) in [7, 11) is 1.64. The summed E-state index contributed by atoms with van der Waals surface area (Å²) >= 11 is 1.38. The van der Waals surface area contributed by atoms with Gasteiger partial charge in [0, 0.05) is 23.8 Å². The van der Waals surface area contributed by atoms with E-state index < -0.39 is 0 Å². The first-order valence-corrected chi connectivity index (χ1v) is 10.7. The molecule has 0 atom stereocenters. The third-order valence-electron chi connectivity index (χ3n) is 4.52. The van der Waals surface area contributed by atoms with Gasteiger partial charge in [-0.15, -0.1) is 16.8 Å². The summed E-state index contributed by atoms with van der Waals surface area (Å²) in [6.45, 7) is 8.42. The van der Waals surface area contributed by atoms with Gasteiger partial charge in [-0.25, -0.2) is 0 Å². The van der Waals surface area contributed by atoms with E-state index in [0.717, 1.165) is 22.8 Å². The summed E-state index contributed by atoms with van der Waals surface area (Å²) in [6.07, 6.45) is 1.80. The van der Waals surface area contributed by atoms with E-state index in [2.05, 4.69) is 16.8 Å². The first-order valence-electron chi connectivity index (χ1n) is 9.73. The van der Waals surface area contributed by atoms with Crippen LogP contribution in [0.5, 0.6) is 5.75 Å². The topological polar surface area (TPSA) is 60.2 Å². The summed E-state index contributed by atoms with van der Waals surface area (Å²) in [5.74, 6) is 1.81. The van der Waals surface area contributed by atoms with Gasteiger partial charge >= 0.3 is 0 Å². The molecule has 0 radical (unpaired) electrons. The molecule has 1 heterocycles. The van der Waals surface area contributed by atoms with Gasteiger partial charge in [0.25, 0.3) is 0 Å². The Hall–Kier alpha value is -3.06. The molecule has 0 aliphatic carbocycles. The van der Waals surface area contributed by atoms with Gasteiger partial charge in [-0.1, -0.05) is 36.0 Å². The van der Waals surface area contributed by atoms with Crippen molar-refractivity contribution < 1.29 is 9.53 Å². The first-order chi connectivity index (χ1) is 14.5. The number of methoxy groups -OCH3 is 1. The molecule has 1 aromatic heterocycles. The highest BCUT2D eigenvalue weighted by atomic mass is 32.2. The minimum absolute atomic E-state index is 0.0281. The Morgan fingerprint density at radius 2 is 1.87 bits per heavy atom. The fourth-order valence-corrected chi connectivity index (χ4v) is 3.96. The van der Waals surface area contributed by atoms with E-state index in [-0.39, 0.29) is 17.7 Å². The van der Waals surface area contributed by atoms with Gasteiger partial charge in [-0.3, -0.25) is 9.36 Å². The highest BCUT2D eigenvalue weighted by Gasteiger charge is 2.21. The van der Waals surface area contributed by atoms with E-state index in [1.54, 1.807) is 13.2 Å². The van der Waals surface area contributed by atoms with Crippen molar-refractivity contribution in [2.75, 3.05) is 17.8 Å². The highest BCUT2D eigenvalue weighted by Crippen LogP contribution is 2.27. The molecule has 156 valence electrons. The molecule has 30 heavy (non-hydrogen) atoms. The quantitative estimate of drug-likeness (QED) is 0.370. The second-order valence-corrected chi connectivity index (χ2v) is 7.86. The molecule has 7 heteroatoms. The molecule has 0 saturated heterocycles. The van der Waals surface area contributed by atoms with Gasteiger partial charge in [0.1, 0.15) is 5.75 Å². The lowest BCUT2D eigenvalue weighted by Crippen LogP contribution is -2.38. The van der Waals surface area contributed by atoms with Crippen molar-refractivity contribution in [1.82, 2.24) is 14.8 Å². The SMILES string of the molecule is C=CCn1c(SCC(=O)N(c2ccccc2)C(C)C)nnc1-c1ccc(OC)cc1. The van der Waals surface area contributed by atoms with Crippen LogP contribution in [-0.2, 0) is 11.3 Å². The Morgan fingerprint density at radius 3 is 2.47 bits per heavy atom. The zero-order valence-corrected chi connectivity index (χ0v) is 18.3. The van der Waals surface area contributed by atoms with E-state index in [4.69, 9.17) is 4.74 Å². The van der Waals surface area contributed by atoms with Crippen molar-refractivity contribution in [2.24, 2.45) is 0 Å². The van der Waals surface area contributed by atoms with Crippen LogP contribution in [0.3, 0.4) is 0 Å². The normalized spacial score (nSPS) is 10.8. The Balaban J connectivity index is 1.79. The van der Waals surface area contributed by atoms with Crippen molar-refractivity contribution in [3.63, 3.8) is 0 Å². The van der Waals surface area contributed by atoms with Crippen LogP contribution in [0.15, 0.2) is 72.4 Å². The third-order valence-corrected chi connectivity index (χ3v) is 5.47. The summed E-state index contributed by atoms with van der Waals surface area (Å²) in [5, 5.41) is 9.37. The molecule has 2 aromatic carbocycles. The Bertz CT molecular complexity index is 984. The van der Waals surface area contributed by atoms with Crippen molar-refractivity contribution in [2.45, 2.75) is 31.6 Å². The lowest BCUT2D eigenvalue weighted by atomic mass is 10.2. The molecule has 3 rings (SSSR count). The Labute approximate surface area is 181 Å². The molecule has 6 nitrogen and oxygen atoms in total. The van der Waals surface area contributed by atoms with Gasteiger partial charge in [-0.2, -0.15) is 0 Å². The number of allylic oxidation sites excluding steroid dienone is 1. The van der Waals surface area contributed by atoms with Crippen LogP contribution in [0.4, 0.5) is 5.69 Å². The number of para-hydroxylation sites is 1. The van der Waals surface area contributed by atoms with E-state index >= 15 is 0 Å². The van der Waals surface area contributed by atoms with Crippen molar-refractivity contribution >= 4 is 23.4 Å². The maximum Gasteiger partial charge on any atom is 0.237 e. The van der Waals surface area contributed by atoms with Gasteiger partial charge in [0.05, 0.1) is 12.9 Å². The lowest BCUT2D eigenvalue weighted by molar-refractivity contribution is -0.116. The Morgan fingerprint density at radius 1 is 1.17 bits per heavy atom. The van der Waals surface area contributed by atoms with E-state index in [1.807, 2.05) is 77.9 Å². The van der Waals surface area contributed by atoms with Crippen molar-refractivity contribution in [3.05, 3.63) is 67.3 Å². The van der Waals surface area contributed by atoms with Gasteiger partial charge in [-0.05, 0) is 50.2 Å². The van der Waals surface area contributed by atoms with E-state index in [1.165, 1.54) is 11.8 Å². The largest absolute Gasteiger partial charge is 0.497 e. The number of aromatic nitrogens is 3. The minimum Gasteiger partial charge on any atom is -0.497 e.